The molecule has 18 heavy (non-hydrogen) atoms. The normalized spacial score (nSPS) is 23.7. The van der Waals surface area contributed by atoms with Gasteiger partial charge >= 0.3 is 0 Å². The molecule has 2 aliphatic rings. The van der Waals surface area contributed by atoms with Gasteiger partial charge in [-0.05, 0) is 58.1 Å². The zero-order chi connectivity index (χ0) is 13.1. The molecule has 3 nitrogen and oxygen atoms in total. The van der Waals surface area contributed by atoms with Gasteiger partial charge in [-0.1, -0.05) is 0 Å². The van der Waals surface area contributed by atoms with E-state index in [0.717, 1.165) is 24.1 Å². The van der Waals surface area contributed by atoms with Crippen LogP contribution in [0.25, 0.3) is 0 Å². The summed E-state index contributed by atoms with van der Waals surface area (Å²) in [5.41, 5.74) is 2.70. The fraction of sp³-hybridized carbons (Fsp3) is 0.643. The van der Waals surface area contributed by atoms with Crippen LogP contribution in [-0.4, -0.2) is 17.0 Å². The molecule has 2 N–H and O–H groups in total. The van der Waals surface area contributed by atoms with Gasteiger partial charge in [0.2, 0.25) is 0 Å². The summed E-state index contributed by atoms with van der Waals surface area (Å²) in [5, 5.41) is 7.88. The van der Waals surface area contributed by atoms with Gasteiger partial charge in [0.1, 0.15) is 0 Å². The maximum absolute atomic E-state index is 12.2. The first-order valence-electron chi connectivity index (χ1n) is 6.53. The van der Waals surface area contributed by atoms with Crippen molar-refractivity contribution < 1.29 is 4.79 Å². The Morgan fingerprint density at radius 3 is 2.50 bits per heavy atom. The molecule has 0 saturated heterocycles. The number of nitrogens with one attached hydrogen (secondary N) is 2. The van der Waals surface area contributed by atoms with E-state index in [-0.39, 0.29) is 17.0 Å². The second-order valence-electron chi connectivity index (χ2n) is 6.74. The van der Waals surface area contributed by atoms with E-state index in [1.54, 1.807) is 11.3 Å². The number of anilines is 1. The summed E-state index contributed by atoms with van der Waals surface area (Å²) in [7, 11) is 0. The zero-order valence-electron chi connectivity index (χ0n) is 11.4. The molecule has 0 unspecified atom stereocenters. The van der Waals surface area contributed by atoms with Crippen molar-refractivity contribution in [3.8, 4) is 0 Å². The van der Waals surface area contributed by atoms with E-state index < -0.39 is 0 Å². The van der Waals surface area contributed by atoms with Gasteiger partial charge in [-0.25, -0.2) is 0 Å². The first kappa shape index (κ1) is 12.0. The predicted octanol–water partition coefficient (Wildman–Crippen LogP) is 2.95. The Morgan fingerprint density at radius 2 is 1.78 bits per heavy atom. The standard InChI is InChI=1S/C14H20N2OS/c1-13(2)6-5-8-9-7-14(3,4)15-11(17)10(9)18-12(8)16-13/h16H,5-7H2,1-4H3,(H,15,17). The quantitative estimate of drug-likeness (QED) is 0.756. The van der Waals surface area contributed by atoms with Crippen LogP contribution >= 0.6 is 11.3 Å². The molecule has 0 bridgehead atoms. The van der Waals surface area contributed by atoms with Crippen molar-refractivity contribution in [1.82, 2.24) is 5.32 Å². The first-order chi connectivity index (χ1) is 8.27. The molecule has 0 fully saturated rings. The Kier molecular flexibility index (Phi) is 2.34. The summed E-state index contributed by atoms with van der Waals surface area (Å²) in [6.45, 7) is 8.63. The molecule has 0 aromatic carbocycles. The van der Waals surface area contributed by atoms with Crippen LogP contribution in [0.5, 0.6) is 0 Å². The van der Waals surface area contributed by atoms with E-state index >= 15 is 0 Å². The van der Waals surface area contributed by atoms with Crippen LogP contribution in [0.1, 0.15) is 54.9 Å². The molecule has 98 valence electrons. The topological polar surface area (TPSA) is 41.1 Å². The highest BCUT2D eigenvalue weighted by Crippen LogP contribution is 2.43. The molecule has 1 aromatic heterocycles. The maximum Gasteiger partial charge on any atom is 0.262 e. The molecule has 0 saturated carbocycles. The highest BCUT2D eigenvalue weighted by atomic mass is 32.1. The first-order valence-corrected chi connectivity index (χ1v) is 7.34. The predicted molar refractivity (Wildman–Crippen MR) is 75.6 cm³/mol. The molecule has 1 aromatic rings. The average Bonchev–Trinajstić information content (AvgIpc) is 2.52. The Balaban J connectivity index is 2.08. The fourth-order valence-electron chi connectivity index (χ4n) is 2.89. The third-order valence-corrected chi connectivity index (χ3v) is 5.03. The second-order valence-corrected chi connectivity index (χ2v) is 7.76. The molecule has 2 aliphatic heterocycles. The number of thiophene rings is 1. The molecule has 3 heterocycles. The van der Waals surface area contributed by atoms with Crippen molar-refractivity contribution in [2.75, 3.05) is 5.32 Å². The number of hydrogen-bond acceptors (Lipinski definition) is 3. The lowest BCUT2D eigenvalue weighted by Crippen LogP contribution is -2.48. The van der Waals surface area contributed by atoms with Gasteiger partial charge in [-0.2, -0.15) is 0 Å². The Labute approximate surface area is 112 Å². The van der Waals surface area contributed by atoms with Gasteiger partial charge in [0.05, 0.1) is 9.88 Å². The van der Waals surface area contributed by atoms with Crippen LogP contribution < -0.4 is 10.6 Å². The summed E-state index contributed by atoms with van der Waals surface area (Å²) in [5.74, 6) is 0.0975. The summed E-state index contributed by atoms with van der Waals surface area (Å²) in [4.78, 5) is 13.1. The molecular weight excluding hydrogens is 244 g/mol. The van der Waals surface area contributed by atoms with Gasteiger partial charge in [0, 0.05) is 11.1 Å². The smallest absolute Gasteiger partial charge is 0.262 e. The zero-order valence-corrected chi connectivity index (χ0v) is 12.3. The van der Waals surface area contributed by atoms with Gasteiger partial charge in [0.25, 0.3) is 5.91 Å². The second kappa shape index (κ2) is 3.50. The van der Waals surface area contributed by atoms with Crippen LogP contribution in [0.4, 0.5) is 5.00 Å². The van der Waals surface area contributed by atoms with Crippen molar-refractivity contribution in [2.45, 2.75) is 58.0 Å². The van der Waals surface area contributed by atoms with Crippen molar-refractivity contribution >= 4 is 22.2 Å². The van der Waals surface area contributed by atoms with E-state index in [1.165, 1.54) is 16.1 Å². The van der Waals surface area contributed by atoms with Crippen LogP contribution in [0.3, 0.4) is 0 Å². The largest absolute Gasteiger partial charge is 0.372 e. The number of carbonyl (C=O) groups excluding carboxylic acids is 1. The van der Waals surface area contributed by atoms with Crippen LogP contribution in [0.2, 0.25) is 0 Å². The maximum atomic E-state index is 12.2. The minimum absolute atomic E-state index is 0.0975. The van der Waals surface area contributed by atoms with Crippen LogP contribution in [0, 0.1) is 0 Å². The highest BCUT2D eigenvalue weighted by Gasteiger charge is 2.37. The van der Waals surface area contributed by atoms with Crippen molar-refractivity contribution in [3.05, 3.63) is 16.0 Å². The van der Waals surface area contributed by atoms with E-state index in [0.29, 0.717) is 0 Å². The number of hydrogen-bond donors (Lipinski definition) is 2. The van der Waals surface area contributed by atoms with Crippen molar-refractivity contribution in [2.24, 2.45) is 0 Å². The SMILES string of the molecule is CC1(C)Cc2c(sc3c2CCC(C)(C)N3)C(=O)N1. The Hall–Kier alpha value is -1.03. The van der Waals surface area contributed by atoms with Gasteiger partial charge in [-0.3, -0.25) is 4.79 Å². The lowest BCUT2D eigenvalue weighted by atomic mass is 9.84. The van der Waals surface area contributed by atoms with Gasteiger partial charge in [0.15, 0.2) is 0 Å². The van der Waals surface area contributed by atoms with E-state index in [2.05, 4.69) is 38.3 Å². The third-order valence-electron chi connectivity index (χ3n) is 3.85. The van der Waals surface area contributed by atoms with Crippen molar-refractivity contribution in [1.29, 1.82) is 0 Å². The number of carbonyl (C=O) groups is 1. The fourth-order valence-corrected chi connectivity index (χ4v) is 4.23. The number of fused-ring (bicyclic) bond motifs is 3. The summed E-state index contributed by atoms with van der Waals surface area (Å²) in [6, 6.07) is 0. The highest BCUT2D eigenvalue weighted by molar-refractivity contribution is 7.18. The van der Waals surface area contributed by atoms with Crippen LogP contribution in [-0.2, 0) is 12.8 Å². The minimum Gasteiger partial charge on any atom is -0.372 e. The molecule has 3 rings (SSSR count). The van der Waals surface area contributed by atoms with Crippen LogP contribution in [0.15, 0.2) is 0 Å². The lowest BCUT2D eigenvalue weighted by molar-refractivity contribution is 0.0902. The molecule has 1 amide bonds. The molecular formula is C14H20N2OS. The Morgan fingerprint density at radius 1 is 1.06 bits per heavy atom. The number of rotatable bonds is 0. The average molecular weight is 264 g/mol. The summed E-state index contributed by atoms with van der Waals surface area (Å²) >= 11 is 1.63. The molecule has 0 atom stereocenters. The van der Waals surface area contributed by atoms with E-state index in [4.69, 9.17) is 0 Å². The summed E-state index contributed by atoms with van der Waals surface area (Å²) < 4.78 is 0. The minimum atomic E-state index is -0.119. The number of amides is 1. The van der Waals surface area contributed by atoms with Gasteiger partial charge < -0.3 is 10.6 Å². The molecule has 0 spiro atoms. The van der Waals surface area contributed by atoms with Gasteiger partial charge in [-0.15, -0.1) is 11.3 Å². The molecule has 0 aliphatic carbocycles. The lowest BCUT2D eigenvalue weighted by Gasteiger charge is -2.34. The Bertz CT molecular complexity index is 528. The third kappa shape index (κ3) is 1.83. The summed E-state index contributed by atoms with van der Waals surface area (Å²) in [6.07, 6.45) is 3.16. The molecule has 0 radical (unpaired) electrons. The monoisotopic (exact) mass is 264 g/mol. The van der Waals surface area contributed by atoms with E-state index in [9.17, 15) is 4.79 Å². The van der Waals surface area contributed by atoms with Crippen molar-refractivity contribution in [3.63, 3.8) is 0 Å². The molecule has 4 heteroatoms. The van der Waals surface area contributed by atoms with E-state index in [1.807, 2.05) is 0 Å².